The Hall–Kier alpha value is -2.62. The van der Waals surface area contributed by atoms with Gasteiger partial charge in [-0.05, 0) is 43.5 Å². The Morgan fingerprint density at radius 3 is 2.59 bits per heavy atom. The maximum atomic E-state index is 12.0. The molecule has 0 fully saturated rings. The Morgan fingerprint density at radius 1 is 1.05 bits per heavy atom. The lowest BCUT2D eigenvalue weighted by molar-refractivity contribution is 0.0607. The minimum atomic E-state index is -0.369. The van der Waals surface area contributed by atoms with Crippen molar-refractivity contribution >= 4 is 5.97 Å². The first kappa shape index (κ1) is 14.3. The number of carbonyl (C=O) groups is 1. The van der Waals surface area contributed by atoms with Crippen LogP contribution in [-0.2, 0) is 4.74 Å². The summed E-state index contributed by atoms with van der Waals surface area (Å²) in [6.45, 7) is 0. The van der Waals surface area contributed by atoms with E-state index >= 15 is 0 Å². The molecule has 1 aromatic carbocycles. The maximum absolute atomic E-state index is 12.0. The molecule has 0 amide bonds. The molecular weight excluding hydrogens is 278 g/mol. The number of allylic oxidation sites excluding steroid dienone is 2. The summed E-state index contributed by atoms with van der Waals surface area (Å²) in [4.78, 5) is 16.2. The lowest BCUT2D eigenvalue weighted by atomic mass is 10.1. The van der Waals surface area contributed by atoms with Gasteiger partial charge in [0.15, 0.2) is 0 Å². The highest BCUT2D eigenvalue weighted by Crippen LogP contribution is 2.21. The molecule has 0 N–H and O–H groups in total. The third kappa shape index (κ3) is 3.73. The molecule has 22 heavy (non-hydrogen) atoms. The SMILES string of the molecule is O=C(OC1=CCCCC1)c1ccc(Oc2ccccc2)nc1. The van der Waals surface area contributed by atoms with Gasteiger partial charge in [0, 0.05) is 18.7 Å². The number of aromatic nitrogens is 1. The number of benzene rings is 1. The number of hydrogen-bond donors (Lipinski definition) is 0. The van der Waals surface area contributed by atoms with Crippen molar-refractivity contribution in [1.29, 1.82) is 0 Å². The minimum absolute atomic E-state index is 0.369. The summed E-state index contributed by atoms with van der Waals surface area (Å²) in [6, 6.07) is 12.7. The zero-order valence-electron chi connectivity index (χ0n) is 12.2. The van der Waals surface area contributed by atoms with Crippen molar-refractivity contribution in [2.24, 2.45) is 0 Å². The fourth-order valence-corrected chi connectivity index (χ4v) is 2.25. The van der Waals surface area contributed by atoms with Gasteiger partial charge in [0.1, 0.15) is 11.5 Å². The van der Waals surface area contributed by atoms with Crippen LogP contribution >= 0.6 is 0 Å². The average molecular weight is 295 g/mol. The minimum Gasteiger partial charge on any atom is -0.439 e. The van der Waals surface area contributed by atoms with Gasteiger partial charge in [0.2, 0.25) is 5.88 Å². The third-order valence-corrected chi connectivity index (χ3v) is 3.41. The molecule has 1 heterocycles. The first-order valence-electron chi connectivity index (χ1n) is 7.41. The second-order valence-corrected chi connectivity index (χ2v) is 5.11. The summed E-state index contributed by atoms with van der Waals surface area (Å²) in [5.41, 5.74) is 0.423. The van der Waals surface area contributed by atoms with Crippen LogP contribution in [0.25, 0.3) is 0 Å². The Morgan fingerprint density at radius 2 is 1.91 bits per heavy atom. The number of pyridine rings is 1. The van der Waals surface area contributed by atoms with Gasteiger partial charge in [0.05, 0.1) is 5.56 Å². The summed E-state index contributed by atoms with van der Waals surface area (Å²) in [6.07, 6.45) is 7.50. The molecule has 1 aliphatic rings. The van der Waals surface area contributed by atoms with Crippen molar-refractivity contribution in [3.05, 3.63) is 66.1 Å². The van der Waals surface area contributed by atoms with E-state index in [-0.39, 0.29) is 5.97 Å². The Balaban J connectivity index is 1.63. The van der Waals surface area contributed by atoms with Gasteiger partial charge in [0.25, 0.3) is 0 Å². The quantitative estimate of drug-likeness (QED) is 0.780. The van der Waals surface area contributed by atoms with E-state index in [0.29, 0.717) is 17.2 Å². The smallest absolute Gasteiger partial charge is 0.344 e. The van der Waals surface area contributed by atoms with Crippen LogP contribution in [0.1, 0.15) is 36.0 Å². The van der Waals surface area contributed by atoms with E-state index in [1.807, 2.05) is 36.4 Å². The average Bonchev–Trinajstić information content (AvgIpc) is 2.57. The predicted octanol–water partition coefficient (Wildman–Crippen LogP) is 4.49. The highest BCUT2D eigenvalue weighted by molar-refractivity contribution is 5.89. The molecule has 1 aromatic heterocycles. The number of para-hydroxylation sites is 1. The number of rotatable bonds is 4. The topological polar surface area (TPSA) is 48.4 Å². The molecule has 2 aromatic rings. The van der Waals surface area contributed by atoms with Crippen molar-refractivity contribution in [1.82, 2.24) is 4.98 Å². The van der Waals surface area contributed by atoms with E-state index < -0.39 is 0 Å². The number of ether oxygens (including phenoxy) is 2. The second-order valence-electron chi connectivity index (χ2n) is 5.11. The first-order valence-corrected chi connectivity index (χ1v) is 7.41. The number of esters is 1. The molecule has 1 aliphatic carbocycles. The monoisotopic (exact) mass is 295 g/mol. The lowest BCUT2D eigenvalue weighted by Crippen LogP contribution is -2.07. The molecule has 4 nitrogen and oxygen atoms in total. The number of hydrogen-bond acceptors (Lipinski definition) is 4. The van der Waals surface area contributed by atoms with Crippen molar-refractivity contribution < 1.29 is 14.3 Å². The van der Waals surface area contributed by atoms with Crippen LogP contribution in [0.15, 0.2) is 60.5 Å². The van der Waals surface area contributed by atoms with Gasteiger partial charge in [-0.15, -0.1) is 0 Å². The third-order valence-electron chi connectivity index (χ3n) is 3.41. The Kier molecular flexibility index (Phi) is 4.49. The standard InChI is InChI=1S/C18H17NO3/c20-18(22-16-9-5-2-6-10-16)14-11-12-17(19-13-14)21-15-7-3-1-4-8-15/h1,3-4,7-9,11-13H,2,5-6,10H2. The maximum Gasteiger partial charge on any atom is 0.344 e. The lowest BCUT2D eigenvalue weighted by Gasteiger charge is -2.12. The predicted molar refractivity (Wildman–Crippen MR) is 82.7 cm³/mol. The summed E-state index contributed by atoms with van der Waals surface area (Å²) in [7, 11) is 0. The summed E-state index contributed by atoms with van der Waals surface area (Å²) in [5.74, 6) is 1.55. The van der Waals surface area contributed by atoms with E-state index in [0.717, 1.165) is 31.4 Å². The summed E-state index contributed by atoms with van der Waals surface area (Å²) >= 11 is 0. The van der Waals surface area contributed by atoms with Crippen molar-refractivity contribution in [2.75, 3.05) is 0 Å². The van der Waals surface area contributed by atoms with Gasteiger partial charge in [-0.1, -0.05) is 18.2 Å². The van der Waals surface area contributed by atoms with Crippen LogP contribution in [0.3, 0.4) is 0 Å². The van der Waals surface area contributed by atoms with E-state index in [1.54, 1.807) is 12.1 Å². The normalized spacial score (nSPS) is 14.1. The molecule has 4 heteroatoms. The molecule has 112 valence electrons. The zero-order chi connectivity index (χ0) is 15.2. The molecule has 0 saturated carbocycles. The van der Waals surface area contributed by atoms with Crippen LogP contribution in [0, 0.1) is 0 Å². The van der Waals surface area contributed by atoms with E-state index in [4.69, 9.17) is 9.47 Å². The van der Waals surface area contributed by atoms with Crippen LogP contribution in [0.4, 0.5) is 0 Å². The summed E-state index contributed by atoms with van der Waals surface area (Å²) in [5, 5.41) is 0. The number of nitrogens with zero attached hydrogens (tertiary/aromatic N) is 1. The van der Waals surface area contributed by atoms with Crippen LogP contribution in [-0.4, -0.2) is 11.0 Å². The highest BCUT2D eigenvalue weighted by Gasteiger charge is 2.13. The van der Waals surface area contributed by atoms with Gasteiger partial charge < -0.3 is 9.47 Å². The molecule has 0 unspecified atom stereocenters. The van der Waals surface area contributed by atoms with Gasteiger partial charge in [-0.2, -0.15) is 0 Å². The van der Waals surface area contributed by atoms with Crippen molar-refractivity contribution in [3.63, 3.8) is 0 Å². The largest absolute Gasteiger partial charge is 0.439 e. The summed E-state index contributed by atoms with van der Waals surface area (Å²) < 4.78 is 11.0. The van der Waals surface area contributed by atoms with Crippen molar-refractivity contribution in [3.8, 4) is 11.6 Å². The molecule has 0 radical (unpaired) electrons. The fourth-order valence-electron chi connectivity index (χ4n) is 2.25. The van der Waals surface area contributed by atoms with Gasteiger partial charge in [-0.3, -0.25) is 0 Å². The molecule has 0 saturated heterocycles. The Bertz CT molecular complexity index is 662. The highest BCUT2D eigenvalue weighted by atomic mass is 16.5. The van der Waals surface area contributed by atoms with Gasteiger partial charge >= 0.3 is 5.97 Å². The molecule has 3 rings (SSSR count). The van der Waals surface area contributed by atoms with E-state index in [1.165, 1.54) is 6.20 Å². The van der Waals surface area contributed by atoms with Crippen LogP contribution < -0.4 is 4.74 Å². The van der Waals surface area contributed by atoms with Crippen molar-refractivity contribution in [2.45, 2.75) is 25.7 Å². The zero-order valence-corrected chi connectivity index (χ0v) is 12.2. The van der Waals surface area contributed by atoms with E-state index in [2.05, 4.69) is 4.98 Å². The first-order chi connectivity index (χ1) is 10.8. The Labute approximate surface area is 129 Å². The van der Waals surface area contributed by atoms with Crippen LogP contribution in [0.5, 0.6) is 11.6 Å². The fraction of sp³-hybridized carbons (Fsp3) is 0.222. The molecule has 0 bridgehead atoms. The number of carbonyl (C=O) groups excluding carboxylic acids is 1. The van der Waals surface area contributed by atoms with E-state index in [9.17, 15) is 4.79 Å². The molecular formula is C18H17NO3. The van der Waals surface area contributed by atoms with Crippen LogP contribution in [0.2, 0.25) is 0 Å². The molecule has 0 aliphatic heterocycles. The second kappa shape index (κ2) is 6.89. The molecule has 0 spiro atoms. The molecule has 0 atom stereocenters. The van der Waals surface area contributed by atoms with Gasteiger partial charge in [-0.25, -0.2) is 9.78 Å².